The first kappa shape index (κ1) is 14.8. The lowest BCUT2D eigenvalue weighted by Crippen LogP contribution is -2.35. The average Bonchev–Trinajstić information content (AvgIpc) is 2.41. The van der Waals surface area contributed by atoms with Gasteiger partial charge in [-0.3, -0.25) is 0 Å². The van der Waals surface area contributed by atoms with Gasteiger partial charge in [0.05, 0.1) is 0 Å². The van der Waals surface area contributed by atoms with Gasteiger partial charge in [-0.25, -0.2) is 8.78 Å². The molecule has 4 heteroatoms. The number of rotatable bonds is 5. The van der Waals surface area contributed by atoms with E-state index in [2.05, 4.69) is 12.2 Å². The first-order valence-corrected chi connectivity index (χ1v) is 7.88. The Morgan fingerprint density at radius 1 is 1.26 bits per heavy atom. The van der Waals surface area contributed by atoms with E-state index in [1.54, 1.807) is 0 Å². The molecule has 1 N–H and O–H groups in total. The quantitative estimate of drug-likeness (QED) is 0.806. The standard InChI is InChI=1S/C15H21F2NS/c1-11(10-18-13-5-3-2-4-6-13)19-15-8-7-12(16)9-14(15)17/h7-9,11,13,18H,2-6,10H2,1H3. The third-order valence-corrected chi connectivity index (χ3v) is 4.68. The highest BCUT2D eigenvalue weighted by atomic mass is 32.2. The molecule has 19 heavy (non-hydrogen) atoms. The molecule has 0 saturated heterocycles. The molecular formula is C15H21F2NS. The van der Waals surface area contributed by atoms with Gasteiger partial charge < -0.3 is 5.32 Å². The third kappa shape index (κ3) is 4.77. The molecule has 2 rings (SSSR count). The molecule has 1 nitrogen and oxygen atoms in total. The van der Waals surface area contributed by atoms with Crippen LogP contribution >= 0.6 is 11.8 Å². The number of nitrogens with one attached hydrogen (secondary N) is 1. The zero-order chi connectivity index (χ0) is 13.7. The number of hydrogen-bond donors (Lipinski definition) is 1. The van der Waals surface area contributed by atoms with Crippen LogP contribution in [0.3, 0.4) is 0 Å². The summed E-state index contributed by atoms with van der Waals surface area (Å²) in [5.41, 5.74) is 0. The zero-order valence-electron chi connectivity index (χ0n) is 11.3. The summed E-state index contributed by atoms with van der Waals surface area (Å²) in [6.45, 7) is 2.94. The summed E-state index contributed by atoms with van der Waals surface area (Å²) >= 11 is 1.46. The molecule has 0 radical (unpaired) electrons. The van der Waals surface area contributed by atoms with Crippen LogP contribution in [0.5, 0.6) is 0 Å². The molecule has 0 bridgehead atoms. The molecule has 1 atom stereocenters. The SMILES string of the molecule is CC(CNC1CCCCC1)Sc1ccc(F)cc1F. The van der Waals surface area contributed by atoms with Gasteiger partial charge in [0.15, 0.2) is 0 Å². The van der Waals surface area contributed by atoms with E-state index in [0.717, 1.165) is 12.6 Å². The lowest BCUT2D eigenvalue weighted by molar-refractivity contribution is 0.375. The third-order valence-electron chi connectivity index (χ3n) is 3.52. The smallest absolute Gasteiger partial charge is 0.139 e. The Labute approximate surface area is 118 Å². The molecule has 1 aromatic rings. The minimum absolute atomic E-state index is 0.280. The Morgan fingerprint density at radius 3 is 2.68 bits per heavy atom. The number of hydrogen-bond acceptors (Lipinski definition) is 2. The number of thioether (sulfide) groups is 1. The lowest BCUT2D eigenvalue weighted by atomic mass is 9.95. The van der Waals surface area contributed by atoms with E-state index < -0.39 is 11.6 Å². The van der Waals surface area contributed by atoms with Gasteiger partial charge >= 0.3 is 0 Å². The predicted molar refractivity (Wildman–Crippen MR) is 76.6 cm³/mol. The molecule has 1 unspecified atom stereocenters. The Balaban J connectivity index is 1.78. The molecule has 0 heterocycles. The second-order valence-corrected chi connectivity index (χ2v) is 6.73. The molecule has 1 saturated carbocycles. The van der Waals surface area contributed by atoms with Crippen molar-refractivity contribution in [2.75, 3.05) is 6.54 Å². The van der Waals surface area contributed by atoms with Gasteiger partial charge in [0.25, 0.3) is 0 Å². The highest BCUT2D eigenvalue weighted by molar-refractivity contribution is 8.00. The summed E-state index contributed by atoms with van der Waals surface area (Å²) in [5, 5.41) is 3.83. The minimum Gasteiger partial charge on any atom is -0.313 e. The van der Waals surface area contributed by atoms with Crippen LogP contribution in [0.4, 0.5) is 8.78 Å². The first-order valence-electron chi connectivity index (χ1n) is 7.00. The number of benzene rings is 1. The molecular weight excluding hydrogens is 264 g/mol. The largest absolute Gasteiger partial charge is 0.313 e. The second kappa shape index (κ2) is 7.25. The molecule has 106 valence electrons. The fraction of sp³-hybridized carbons (Fsp3) is 0.600. The molecule has 1 aliphatic carbocycles. The molecule has 0 aliphatic heterocycles. The van der Waals surface area contributed by atoms with E-state index in [4.69, 9.17) is 0 Å². The van der Waals surface area contributed by atoms with E-state index >= 15 is 0 Å². The van der Waals surface area contributed by atoms with E-state index in [0.29, 0.717) is 10.9 Å². The summed E-state index contributed by atoms with van der Waals surface area (Å²) in [6.07, 6.45) is 6.48. The van der Waals surface area contributed by atoms with Crippen LogP contribution in [-0.4, -0.2) is 17.8 Å². The fourth-order valence-corrected chi connectivity index (χ4v) is 3.40. The minimum atomic E-state index is -0.519. The fourth-order valence-electron chi connectivity index (χ4n) is 2.47. The Hall–Kier alpha value is -0.610. The Bertz CT molecular complexity index is 405. The summed E-state index contributed by atoms with van der Waals surface area (Å²) < 4.78 is 26.3. The van der Waals surface area contributed by atoms with Crippen molar-refractivity contribution < 1.29 is 8.78 Å². The van der Waals surface area contributed by atoms with Crippen molar-refractivity contribution in [2.24, 2.45) is 0 Å². The van der Waals surface area contributed by atoms with Crippen molar-refractivity contribution in [1.29, 1.82) is 0 Å². The van der Waals surface area contributed by atoms with Crippen LogP contribution in [0.2, 0.25) is 0 Å². The molecule has 1 fully saturated rings. The van der Waals surface area contributed by atoms with E-state index in [1.165, 1.54) is 56.0 Å². The maximum Gasteiger partial charge on any atom is 0.139 e. The van der Waals surface area contributed by atoms with Crippen LogP contribution in [0, 0.1) is 11.6 Å². The Kier molecular flexibility index (Phi) is 5.64. The van der Waals surface area contributed by atoms with Gasteiger partial charge in [0, 0.05) is 28.8 Å². The average molecular weight is 285 g/mol. The van der Waals surface area contributed by atoms with E-state index in [9.17, 15) is 8.78 Å². The molecule has 0 aromatic heterocycles. The maximum absolute atomic E-state index is 13.5. The van der Waals surface area contributed by atoms with Crippen LogP contribution in [0.1, 0.15) is 39.0 Å². The summed E-state index contributed by atoms with van der Waals surface area (Å²) in [7, 11) is 0. The van der Waals surface area contributed by atoms with Crippen molar-refractivity contribution >= 4 is 11.8 Å². The monoisotopic (exact) mass is 285 g/mol. The topological polar surface area (TPSA) is 12.0 Å². The molecule has 1 aromatic carbocycles. The number of halogens is 2. The normalized spacial score (nSPS) is 18.5. The van der Waals surface area contributed by atoms with Crippen molar-refractivity contribution in [3.8, 4) is 0 Å². The summed E-state index contributed by atoms with van der Waals surface area (Å²) in [6, 6.07) is 4.40. The summed E-state index contributed by atoms with van der Waals surface area (Å²) in [4.78, 5) is 0.527. The van der Waals surface area contributed by atoms with Gasteiger partial charge in [-0.1, -0.05) is 26.2 Å². The molecule has 1 aliphatic rings. The molecule has 0 amide bonds. The van der Waals surface area contributed by atoms with Gasteiger partial charge in [-0.05, 0) is 25.0 Å². The van der Waals surface area contributed by atoms with Crippen LogP contribution in [0.15, 0.2) is 23.1 Å². The first-order chi connectivity index (χ1) is 9.15. The van der Waals surface area contributed by atoms with Crippen molar-refractivity contribution in [2.45, 2.75) is 55.2 Å². The lowest BCUT2D eigenvalue weighted by Gasteiger charge is -2.24. The highest BCUT2D eigenvalue weighted by Crippen LogP contribution is 2.26. The van der Waals surface area contributed by atoms with E-state index in [1.807, 2.05) is 0 Å². The Morgan fingerprint density at radius 2 is 2.00 bits per heavy atom. The van der Waals surface area contributed by atoms with Gasteiger partial charge in [-0.15, -0.1) is 11.8 Å². The van der Waals surface area contributed by atoms with Gasteiger partial charge in [0.2, 0.25) is 0 Å². The van der Waals surface area contributed by atoms with Crippen molar-refractivity contribution in [1.82, 2.24) is 5.32 Å². The molecule has 0 spiro atoms. The van der Waals surface area contributed by atoms with Crippen LogP contribution < -0.4 is 5.32 Å². The maximum atomic E-state index is 13.5. The van der Waals surface area contributed by atoms with Crippen LogP contribution in [-0.2, 0) is 0 Å². The van der Waals surface area contributed by atoms with Crippen molar-refractivity contribution in [3.05, 3.63) is 29.8 Å². The van der Waals surface area contributed by atoms with Gasteiger partial charge in [-0.2, -0.15) is 0 Å². The predicted octanol–water partition coefficient (Wildman–Crippen LogP) is 4.37. The van der Waals surface area contributed by atoms with Crippen molar-refractivity contribution in [3.63, 3.8) is 0 Å². The second-order valence-electron chi connectivity index (χ2n) is 5.25. The van der Waals surface area contributed by atoms with E-state index in [-0.39, 0.29) is 5.25 Å². The van der Waals surface area contributed by atoms with Crippen LogP contribution in [0.25, 0.3) is 0 Å². The van der Waals surface area contributed by atoms with Gasteiger partial charge in [0.1, 0.15) is 11.6 Å². The highest BCUT2D eigenvalue weighted by Gasteiger charge is 2.15. The summed E-state index contributed by atoms with van der Waals surface area (Å²) in [5.74, 6) is -0.982. The zero-order valence-corrected chi connectivity index (χ0v) is 12.1.